The molecule has 1 aromatic carbocycles. The van der Waals surface area contributed by atoms with Crippen molar-refractivity contribution in [2.75, 3.05) is 6.54 Å². The van der Waals surface area contributed by atoms with Crippen LogP contribution in [0.15, 0.2) is 18.2 Å². The maximum Gasteiger partial charge on any atom is 0.251 e. The van der Waals surface area contributed by atoms with Crippen molar-refractivity contribution >= 4 is 11.8 Å². The minimum absolute atomic E-state index is 0.114. The van der Waals surface area contributed by atoms with Crippen LogP contribution >= 0.6 is 0 Å². The van der Waals surface area contributed by atoms with Crippen LogP contribution in [0.1, 0.15) is 22.3 Å². The van der Waals surface area contributed by atoms with E-state index in [2.05, 4.69) is 5.32 Å². The standard InChI is InChI=1S/C11H14N2O3/c1-7-6-8(14)2-3-9(7)11(16)13-5-4-10(12)15/h2-3,6,14H,4-5H2,1H3,(H2,12,15)(H,13,16). The number of carbonyl (C=O) groups is 2. The van der Waals surface area contributed by atoms with Crippen molar-refractivity contribution < 1.29 is 14.7 Å². The summed E-state index contributed by atoms with van der Waals surface area (Å²) in [6.07, 6.45) is 0.114. The molecule has 0 aliphatic carbocycles. The summed E-state index contributed by atoms with van der Waals surface area (Å²) in [4.78, 5) is 22.1. The van der Waals surface area contributed by atoms with Crippen LogP contribution in [0.25, 0.3) is 0 Å². The third-order valence-corrected chi connectivity index (χ3v) is 2.11. The molecule has 0 radical (unpaired) electrons. The van der Waals surface area contributed by atoms with E-state index in [-0.39, 0.29) is 24.6 Å². The summed E-state index contributed by atoms with van der Waals surface area (Å²) in [7, 11) is 0. The van der Waals surface area contributed by atoms with Crippen LogP contribution in [-0.4, -0.2) is 23.5 Å². The van der Waals surface area contributed by atoms with Crippen molar-refractivity contribution in [2.24, 2.45) is 5.73 Å². The molecule has 0 fully saturated rings. The first-order chi connectivity index (χ1) is 7.50. The Labute approximate surface area is 93.3 Å². The number of rotatable bonds is 4. The molecule has 0 saturated heterocycles. The van der Waals surface area contributed by atoms with E-state index in [4.69, 9.17) is 5.73 Å². The molecule has 0 atom stereocenters. The van der Waals surface area contributed by atoms with E-state index in [1.165, 1.54) is 18.2 Å². The first kappa shape index (κ1) is 12.0. The molecule has 2 amide bonds. The Morgan fingerprint density at radius 1 is 1.44 bits per heavy atom. The summed E-state index contributed by atoms with van der Waals surface area (Å²) in [5, 5.41) is 11.7. The Hall–Kier alpha value is -2.04. The van der Waals surface area contributed by atoms with Gasteiger partial charge in [-0.2, -0.15) is 0 Å². The normalized spacial score (nSPS) is 9.81. The Morgan fingerprint density at radius 3 is 2.69 bits per heavy atom. The van der Waals surface area contributed by atoms with Crippen molar-refractivity contribution in [3.05, 3.63) is 29.3 Å². The van der Waals surface area contributed by atoms with Gasteiger partial charge in [0.2, 0.25) is 5.91 Å². The molecule has 0 heterocycles. The number of primary amides is 1. The maximum atomic E-state index is 11.6. The highest BCUT2D eigenvalue weighted by Crippen LogP contribution is 2.15. The van der Waals surface area contributed by atoms with Crippen LogP contribution in [0.3, 0.4) is 0 Å². The molecule has 0 unspecified atom stereocenters. The zero-order chi connectivity index (χ0) is 12.1. The van der Waals surface area contributed by atoms with Crippen LogP contribution in [0.2, 0.25) is 0 Å². The van der Waals surface area contributed by atoms with Crippen LogP contribution in [0, 0.1) is 6.92 Å². The number of hydrogen-bond donors (Lipinski definition) is 3. The van der Waals surface area contributed by atoms with E-state index < -0.39 is 5.91 Å². The van der Waals surface area contributed by atoms with Gasteiger partial charge >= 0.3 is 0 Å². The minimum Gasteiger partial charge on any atom is -0.508 e. The minimum atomic E-state index is -0.456. The van der Waals surface area contributed by atoms with Gasteiger partial charge in [0.1, 0.15) is 5.75 Å². The van der Waals surface area contributed by atoms with E-state index in [9.17, 15) is 14.7 Å². The zero-order valence-corrected chi connectivity index (χ0v) is 8.99. The first-order valence-corrected chi connectivity index (χ1v) is 4.87. The Balaban J connectivity index is 2.63. The lowest BCUT2D eigenvalue weighted by Crippen LogP contribution is -2.28. The van der Waals surface area contributed by atoms with Crippen LogP contribution in [-0.2, 0) is 4.79 Å². The SMILES string of the molecule is Cc1cc(O)ccc1C(=O)NCCC(N)=O. The summed E-state index contributed by atoms with van der Waals surface area (Å²) in [6, 6.07) is 4.48. The summed E-state index contributed by atoms with van der Waals surface area (Å²) in [5.74, 6) is -0.618. The van der Waals surface area contributed by atoms with Gasteiger partial charge in [-0.05, 0) is 30.7 Å². The average Bonchev–Trinajstić information content (AvgIpc) is 2.16. The molecule has 0 aliphatic rings. The third-order valence-electron chi connectivity index (χ3n) is 2.11. The molecular weight excluding hydrogens is 208 g/mol. The fraction of sp³-hybridized carbons (Fsp3) is 0.273. The number of aryl methyl sites for hydroxylation is 1. The topological polar surface area (TPSA) is 92.4 Å². The largest absolute Gasteiger partial charge is 0.508 e. The number of nitrogens with one attached hydrogen (secondary N) is 1. The van der Waals surface area contributed by atoms with Gasteiger partial charge < -0.3 is 16.2 Å². The summed E-state index contributed by atoms with van der Waals surface area (Å²) < 4.78 is 0. The number of nitrogens with two attached hydrogens (primary N) is 1. The molecule has 0 aliphatic heterocycles. The van der Waals surface area contributed by atoms with E-state index in [0.717, 1.165) is 0 Å². The molecule has 1 aromatic rings. The molecule has 5 heteroatoms. The van der Waals surface area contributed by atoms with Crippen LogP contribution in [0.4, 0.5) is 0 Å². The van der Waals surface area contributed by atoms with E-state index in [0.29, 0.717) is 11.1 Å². The Kier molecular flexibility index (Phi) is 3.88. The van der Waals surface area contributed by atoms with Gasteiger partial charge in [-0.15, -0.1) is 0 Å². The second kappa shape index (κ2) is 5.16. The van der Waals surface area contributed by atoms with Gasteiger partial charge in [0.15, 0.2) is 0 Å². The lowest BCUT2D eigenvalue weighted by Gasteiger charge is -2.06. The molecule has 4 N–H and O–H groups in total. The van der Waals surface area contributed by atoms with Crippen molar-refractivity contribution in [1.82, 2.24) is 5.32 Å². The van der Waals surface area contributed by atoms with Crippen LogP contribution in [0.5, 0.6) is 5.75 Å². The number of benzene rings is 1. The van der Waals surface area contributed by atoms with Crippen molar-refractivity contribution in [1.29, 1.82) is 0 Å². The number of amides is 2. The fourth-order valence-corrected chi connectivity index (χ4v) is 1.30. The van der Waals surface area contributed by atoms with Gasteiger partial charge in [-0.3, -0.25) is 9.59 Å². The highest BCUT2D eigenvalue weighted by molar-refractivity contribution is 5.95. The molecule has 1 rings (SSSR count). The number of phenols is 1. The first-order valence-electron chi connectivity index (χ1n) is 4.87. The molecule has 0 aromatic heterocycles. The molecule has 16 heavy (non-hydrogen) atoms. The van der Waals surface area contributed by atoms with Crippen molar-refractivity contribution in [3.8, 4) is 5.75 Å². The number of carbonyl (C=O) groups excluding carboxylic acids is 2. The molecule has 0 bridgehead atoms. The van der Waals surface area contributed by atoms with E-state index in [1.54, 1.807) is 6.92 Å². The fourth-order valence-electron chi connectivity index (χ4n) is 1.30. The quantitative estimate of drug-likeness (QED) is 0.684. The van der Waals surface area contributed by atoms with Crippen LogP contribution < -0.4 is 11.1 Å². The smallest absolute Gasteiger partial charge is 0.251 e. The van der Waals surface area contributed by atoms with Crippen molar-refractivity contribution in [3.63, 3.8) is 0 Å². The second-order valence-corrected chi connectivity index (χ2v) is 3.47. The van der Waals surface area contributed by atoms with E-state index in [1.807, 2.05) is 0 Å². The average molecular weight is 222 g/mol. The number of aromatic hydroxyl groups is 1. The summed E-state index contributed by atoms with van der Waals surface area (Å²) >= 11 is 0. The highest BCUT2D eigenvalue weighted by atomic mass is 16.3. The predicted molar refractivity (Wildman–Crippen MR) is 59.0 cm³/mol. The summed E-state index contributed by atoms with van der Waals surface area (Å²) in [5.41, 5.74) is 6.10. The molecule has 0 saturated carbocycles. The van der Waals surface area contributed by atoms with Gasteiger partial charge in [-0.1, -0.05) is 0 Å². The van der Waals surface area contributed by atoms with Gasteiger partial charge in [0, 0.05) is 18.5 Å². The lowest BCUT2D eigenvalue weighted by atomic mass is 10.1. The molecule has 5 nitrogen and oxygen atoms in total. The predicted octanol–water partition coefficient (Wildman–Crippen LogP) is 0.306. The molecular formula is C11H14N2O3. The monoisotopic (exact) mass is 222 g/mol. The van der Waals surface area contributed by atoms with Gasteiger partial charge in [-0.25, -0.2) is 0 Å². The molecule has 0 spiro atoms. The van der Waals surface area contributed by atoms with Gasteiger partial charge in [0.05, 0.1) is 0 Å². The van der Waals surface area contributed by atoms with Crippen molar-refractivity contribution in [2.45, 2.75) is 13.3 Å². The molecule has 86 valence electrons. The third kappa shape index (κ3) is 3.27. The summed E-state index contributed by atoms with van der Waals surface area (Å²) in [6.45, 7) is 1.94. The Bertz CT molecular complexity index is 416. The maximum absolute atomic E-state index is 11.6. The second-order valence-electron chi connectivity index (χ2n) is 3.47. The highest BCUT2D eigenvalue weighted by Gasteiger charge is 2.08. The number of phenolic OH excluding ortho intramolecular Hbond substituents is 1. The van der Waals surface area contributed by atoms with E-state index >= 15 is 0 Å². The van der Waals surface area contributed by atoms with Gasteiger partial charge in [0.25, 0.3) is 5.91 Å². The Morgan fingerprint density at radius 2 is 2.12 bits per heavy atom. The zero-order valence-electron chi connectivity index (χ0n) is 8.99. The number of hydrogen-bond acceptors (Lipinski definition) is 3. The lowest BCUT2D eigenvalue weighted by molar-refractivity contribution is -0.117.